The summed E-state index contributed by atoms with van der Waals surface area (Å²) in [5, 5.41) is 0. The average molecular weight is 375 g/mol. The average Bonchev–Trinajstić information content (AvgIpc) is 3.23. The fraction of sp³-hybridized carbons (Fsp3) is 0.550. The molecule has 26 heavy (non-hydrogen) atoms. The molecule has 0 bridgehead atoms. The van der Waals surface area contributed by atoms with E-state index in [2.05, 4.69) is 24.0 Å². The summed E-state index contributed by atoms with van der Waals surface area (Å²) in [7, 11) is 0. The molecule has 1 heterocycles. The number of hydrogen-bond acceptors (Lipinski definition) is 4. The molecule has 1 fully saturated rings. The molecule has 1 aromatic carbocycles. The minimum absolute atomic E-state index is 0.0782. The van der Waals surface area contributed by atoms with Gasteiger partial charge in [0.1, 0.15) is 6.54 Å². The van der Waals surface area contributed by atoms with E-state index in [9.17, 15) is 9.59 Å². The lowest BCUT2D eigenvalue weighted by Crippen LogP contribution is -2.23. The summed E-state index contributed by atoms with van der Waals surface area (Å²) >= 11 is 1.47. The topological polar surface area (TPSA) is 60.7 Å². The van der Waals surface area contributed by atoms with Crippen molar-refractivity contribution in [1.82, 2.24) is 4.57 Å². The first-order chi connectivity index (χ1) is 12.6. The Balaban J connectivity index is 1.96. The Morgan fingerprint density at radius 1 is 1.27 bits per heavy atom. The SMILES string of the molecule is CCOC(=O)Cn1c(=NC(=O)CC2CCCC2)sc2cc(CC)ccc21. The van der Waals surface area contributed by atoms with Gasteiger partial charge < -0.3 is 9.30 Å². The molecule has 1 amide bonds. The Labute approximate surface area is 157 Å². The zero-order valence-corrected chi connectivity index (χ0v) is 16.3. The lowest BCUT2D eigenvalue weighted by Gasteiger charge is -2.06. The highest BCUT2D eigenvalue weighted by atomic mass is 32.1. The van der Waals surface area contributed by atoms with Crippen molar-refractivity contribution in [2.45, 2.75) is 58.9 Å². The number of hydrogen-bond donors (Lipinski definition) is 0. The van der Waals surface area contributed by atoms with Crippen LogP contribution in [0.2, 0.25) is 0 Å². The van der Waals surface area contributed by atoms with E-state index in [1.54, 1.807) is 6.92 Å². The summed E-state index contributed by atoms with van der Waals surface area (Å²) in [4.78, 5) is 29.4. The van der Waals surface area contributed by atoms with Crippen molar-refractivity contribution in [3.8, 4) is 0 Å². The van der Waals surface area contributed by atoms with Crippen molar-refractivity contribution < 1.29 is 14.3 Å². The van der Waals surface area contributed by atoms with Crippen LogP contribution < -0.4 is 4.80 Å². The first-order valence-electron chi connectivity index (χ1n) is 9.46. The molecule has 140 valence electrons. The van der Waals surface area contributed by atoms with Crippen LogP contribution in [0.25, 0.3) is 10.2 Å². The van der Waals surface area contributed by atoms with Crippen LogP contribution in [0.15, 0.2) is 23.2 Å². The zero-order valence-electron chi connectivity index (χ0n) is 15.5. The number of carbonyl (C=O) groups excluding carboxylic acids is 2. The number of amides is 1. The van der Waals surface area contributed by atoms with E-state index in [0.29, 0.717) is 23.7 Å². The Hall–Kier alpha value is -1.95. The number of fused-ring (bicyclic) bond motifs is 1. The molecule has 0 aliphatic heterocycles. The smallest absolute Gasteiger partial charge is 0.326 e. The van der Waals surface area contributed by atoms with Gasteiger partial charge in [0.25, 0.3) is 0 Å². The van der Waals surface area contributed by atoms with Crippen LogP contribution in [0.1, 0.15) is 51.5 Å². The van der Waals surface area contributed by atoms with Crippen molar-refractivity contribution in [2.24, 2.45) is 10.9 Å². The maximum atomic E-state index is 12.4. The van der Waals surface area contributed by atoms with Gasteiger partial charge in [0.2, 0.25) is 5.91 Å². The maximum Gasteiger partial charge on any atom is 0.326 e. The Bertz CT molecular complexity index is 860. The van der Waals surface area contributed by atoms with Gasteiger partial charge in [-0.25, -0.2) is 0 Å². The molecule has 6 heteroatoms. The number of aryl methyl sites for hydroxylation is 1. The number of thiazole rings is 1. The molecular weight excluding hydrogens is 348 g/mol. The minimum Gasteiger partial charge on any atom is -0.465 e. The predicted molar refractivity (Wildman–Crippen MR) is 103 cm³/mol. The van der Waals surface area contributed by atoms with Gasteiger partial charge in [-0.05, 0) is 49.8 Å². The standard InChI is InChI=1S/C20H26N2O3S/c1-3-14-9-10-16-17(11-14)26-20(22(16)13-19(24)25-4-2)21-18(23)12-15-7-5-6-8-15/h9-11,15H,3-8,12-13H2,1-2H3. The highest BCUT2D eigenvalue weighted by Crippen LogP contribution is 2.27. The molecule has 1 aliphatic rings. The molecular formula is C20H26N2O3S. The van der Waals surface area contributed by atoms with Gasteiger partial charge >= 0.3 is 5.97 Å². The van der Waals surface area contributed by atoms with E-state index in [1.165, 1.54) is 29.7 Å². The van der Waals surface area contributed by atoms with E-state index >= 15 is 0 Å². The highest BCUT2D eigenvalue weighted by molar-refractivity contribution is 7.16. The molecule has 0 radical (unpaired) electrons. The van der Waals surface area contributed by atoms with Crippen LogP contribution in [-0.2, 0) is 27.3 Å². The van der Waals surface area contributed by atoms with Gasteiger partial charge in [0, 0.05) is 6.42 Å². The number of aromatic nitrogens is 1. The molecule has 0 saturated heterocycles. The van der Waals surface area contributed by atoms with Crippen molar-refractivity contribution in [3.63, 3.8) is 0 Å². The molecule has 0 spiro atoms. The third-order valence-corrected chi connectivity index (χ3v) is 5.95. The van der Waals surface area contributed by atoms with Crippen molar-refractivity contribution in [1.29, 1.82) is 0 Å². The number of ether oxygens (including phenoxy) is 1. The maximum absolute atomic E-state index is 12.4. The first-order valence-corrected chi connectivity index (χ1v) is 10.3. The molecule has 5 nitrogen and oxygen atoms in total. The lowest BCUT2D eigenvalue weighted by molar-refractivity contribution is -0.143. The van der Waals surface area contributed by atoms with Crippen molar-refractivity contribution in [2.75, 3.05) is 6.61 Å². The molecule has 2 aromatic rings. The van der Waals surface area contributed by atoms with E-state index in [4.69, 9.17) is 4.74 Å². The third kappa shape index (κ3) is 4.41. The minimum atomic E-state index is -0.309. The van der Waals surface area contributed by atoms with Crippen LogP contribution >= 0.6 is 11.3 Å². The quantitative estimate of drug-likeness (QED) is 0.722. The normalized spacial score (nSPS) is 15.7. The predicted octanol–water partition coefficient (Wildman–Crippen LogP) is 3.84. The van der Waals surface area contributed by atoms with Crippen LogP contribution in [0.3, 0.4) is 0 Å². The van der Waals surface area contributed by atoms with Crippen LogP contribution in [0.4, 0.5) is 0 Å². The largest absolute Gasteiger partial charge is 0.465 e. The summed E-state index contributed by atoms with van der Waals surface area (Å²) in [6, 6.07) is 6.17. The van der Waals surface area contributed by atoms with E-state index in [0.717, 1.165) is 29.5 Å². The molecule has 3 rings (SSSR count). The number of nitrogens with zero attached hydrogens (tertiary/aromatic N) is 2. The molecule has 0 atom stereocenters. The molecule has 0 N–H and O–H groups in total. The summed E-state index contributed by atoms with van der Waals surface area (Å²) in [5.74, 6) is 0.0686. The van der Waals surface area contributed by atoms with Crippen molar-refractivity contribution >= 4 is 33.4 Å². The highest BCUT2D eigenvalue weighted by Gasteiger charge is 2.19. The Morgan fingerprint density at radius 3 is 2.73 bits per heavy atom. The summed E-state index contributed by atoms with van der Waals surface area (Å²) in [6.07, 6.45) is 6.12. The van der Waals surface area contributed by atoms with Crippen LogP contribution in [-0.4, -0.2) is 23.1 Å². The van der Waals surface area contributed by atoms with Gasteiger partial charge in [-0.3, -0.25) is 9.59 Å². The zero-order chi connectivity index (χ0) is 18.5. The second-order valence-electron chi connectivity index (χ2n) is 6.79. The second kappa shape index (κ2) is 8.62. The lowest BCUT2D eigenvalue weighted by atomic mass is 10.0. The van der Waals surface area contributed by atoms with Gasteiger partial charge in [-0.2, -0.15) is 4.99 Å². The molecule has 1 saturated carbocycles. The van der Waals surface area contributed by atoms with Gasteiger partial charge in [-0.1, -0.05) is 37.2 Å². The van der Waals surface area contributed by atoms with Gasteiger partial charge in [-0.15, -0.1) is 0 Å². The molecule has 1 aromatic heterocycles. The van der Waals surface area contributed by atoms with Crippen LogP contribution in [0.5, 0.6) is 0 Å². The fourth-order valence-electron chi connectivity index (χ4n) is 3.53. The summed E-state index contributed by atoms with van der Waals surface area (Å²) in [5.41, 5.74) is 2.15. The summed E-state index contributed by atoms with van der Waals surface area (Å²) in [6.45, 7) is 4.32. The van der Waals surface area contributed by atoms with Gasteiger partial charge in [0.15, 0.2) is 4.80 Å². The fourth-order valence-corrected chi connectivity index (χ4v) is 4.64. The first kappa shape index (κ1) is 18.8. The number of benzene rings is 1. The van der Waals surface area contributed by atoms with Gasteiger partial charge in [0.05, 0.1) is 16.8 Å². The van der Waals surface area contributed by atoms with E-state index in [1.807, 2.05) is 10.6 Å². The van der Waals surface area contributed by atoms with E-state index < -0.39 is 0 Å². The Kier molecular flexibility index (Phi) is 6.25. The number of carbonyl (C=O) groups is 2. The molecule has 0 unspecified atom stereocenters. The summed E-state index contributed by atoms with van der Waals surface area (Å²) < 4.78 is 7.95. The monoisotopic (exact) mass is 374 g/mol. The number of esters is 1. The van der Waals surface area contributed by atoms with Crippen molar-refractivity contribution in [3.05, 3.63) is 28.6 Å². The van der Waals surface area contributed by atoms with Crippen LogP contribution in [0, 0.1) is 5.92 Å². The van der Waals surface area contributed by atoms with E-state index in [-0.39, 0.29) is 18.4 Å². The Morgan fingerprint density at radius 2 is 2.04 bits per heavy atom. The second-order valence-corrected chi connectivity index (χ2v) is 7.80. The molecule has 1 aliphatic carbocycles. The number of rotatable bonds is 6. The third-order valence-electron chi connectivity index (χ3n) is 4.91.